The number of halogens is 3. The molecule has 2 amide bonds. The number of amides is 2. The molecule has 5 rings (SSSR count). The van der Waals surface area contributed by atoms with Crippen LogP contribution >= 0.6 is 0 Å². The zero-order chi connectivity index (χ0) is 32.0. The highest BCUT2D eigenvalue weighted by atomic mass is 19.4. The molecule has 44 heavy (non-hydrogen) atoms. The zero-order valence-electron chi connectivity index (χ0n) is 25.1. The van der Waals surface area contributed by atoms with Gasteiger partial charge in [0.2, 0.25) is 0 Å². The van der Waals surface area contributed by atoms with Crippen molar-refractivity contribution in [3.05, 3.63) is 93.5 Å². The summed E-state index contributed by atoms with van der Waals surface area (Å²) in [5.74, 6) is -0.760. The number of anilines is 2. The van der Waals surface area contributed by atoms with Crippen LogP contribution in [-0.4, -0.2) is 28.7 Å². The van der Waals surface area contributed by atoms with Crippen LogP contribution in [0.3, 0.4) is 0 Å². The maximum atomic E-state index is 13.2. The van der Waals surface area contributed by atoms with Gasteiger partial charge in [-0.05, 0) is 71.3 Å². The Balaban J connectivity index is 1.40. The number of hydrogen-bond donors (Lipinski definition) is 3. The van der Waals surface area contributed by atoms with Crippen LogP contribution in [0.15, 0.2) is 54.6 Å². The summed E-state index contributed by atoms with van der Waals surface area (Å²) in [4.78, 5) is 25.6. The number of hydrogen-bond acceptors (Lipinski definition) is 5. The van der Waals surface area contributed by atoms with Gasteiger partial charge in [0.15, 0.2) is 0 Å². The van der Waals surface area contributed by atoms with E-state index in [-0.39, 0.29) is 28.8 Å². The van der Waals surface area contributed by atoms with Gasteiger partial charge in [0.25, 0.3) is 11.8 Å². The van der Waals surface area contributed by atoms with Crippen LogP contribution in [0.1, 0.15) is 69.3 Å². The van der Waals surface area contributed by atoms with E-state index >= 15 is 0 Å². The first-order valence-electron chi connectivity index (χ1n) is 14.1. The van der Waals surface area contributed by atoms with Crippen LogP contribution in [0.4, 0.5) is 24.7 Å². The molecule has 2 heterocycles. The number of rotatable bonds is 6. The summed E-state index contributed by atoms with van der Waals surface area (Å²) in [6.45, 7) is 8.93. The first kappa shape index (κ1) is 30.7. The average molecular weight is 606 g/mol. The summed E-state index contributed by atoms with van der Waals surface area (Å²) < 4.78 is 46.6. The zero-order valence-corrected chi connectivity index (χ0v) is 25.1. The number of ether oxygens (including phenoxy) is 1. The van der Waals surface area contributed by atoms with E-state index in [0.717, 1.165) is 40.6 Å². The standard InChI is InChI=1S/C33H34F3N5O3/c1-18-14-20(6-7-21(18)17-38-31(43)24-16-23(33(34,35)36)9-11-26(24)44-5)28-27(29(37)42)30-39-25-10-8-22(32(2,3)4)15-19(25)12-13-41(30)40-28/h6-11,14-16,39H,12-13,17H2,1-5H3,(H2,37,42)(H,38,43). The molecule has 1 aromatic heterocycles. The molecular weight excluding hydrogens is 571 g/mol. The minimum atomic E-state index is -4.60. The van der Waals surface area contributed by atoms with Gasteiger partial charge in [-0.25, -0.2) is 4.68 Å². The number of aryl methyl sites for hydroxylation is 3. The smallest absolute Gasteiger partial charge is 0.416 e. The van der Waals surface area contributed by atoms with Crippen molar-refractivity contribution in [2.45, 2.75) is 58.8 Å². The molecule has 11 heteroatoms. The Kier molecular flexibility index (Phi) is 7.92. The van der Waals surface area contributed by atoms with Gasteiger partial charge in [0.1, 0.15) is 22.8 Å². The lowest BCUT2D eigenvalue weighted by Gasteiger charge is -2.21. The molecule has 0 saturated heterocycles. The molecule has 8 nitrogen and oxygen atoms in total. The summed E-state index contributed by atoms with van der Waals surface area (Å²) in [6.07, 6.45) is -3.88. The van der Waals surface area contributed by atoms with E-state index in [1.165, 1.54) is 12.7 Å². The Bertz CT molecular complexity index is 1770. The van der Waals surface area contributed by atoms with Crippen LogP contribution < -0.4 is 21.1 Å². The first-order chi connectivity index (χ1) is 20.7. The third-order valence-electron chi connectivity index (χ3n) is 7.84. The molecule has 4 aromatic rings. The number of nitrogens with zero attached hydrogens (tertiary/aromatic N) is 2. The van der Waals surface area contributed by atoms with Crippen molar-refractivity contribution in [2.75, 3.05) is 12.4 Å². The van der Waals surface area contributed by atoms with E-state index in [2.05, 4.69) is 43.5 Å². The summed E-state index contributed by atoms with van der Waals surface area (Å²) in [5, 5.41) is 10.8. The van der Waals surface area contributed by atoms with Crippen LogP contribution in [0, 0.1) is 6.92 Å². The highest BCUT2D eigenvalue weighted by Crippen LogP contribution is 2.37. The van der Waals surface area contributed by atoms with E-state index in [9.17, 15) is 22.8 Å². The number of carbonyl (C=O) groups is 2. The predicted molar refractivity (Wildman–Crippen MR) is 162 cm³/mol. The number of nitrogens with one attached hydrogen (secondary N) is 2. The third kappa shape index (κ3) is 5.99. The van der Waals surface area contributed by atoms with Gasteiger partial charge in [0.05, 0.1) is 18.2 Å². The number of methoxy groups -OCH3 is 1. The van der Waals surface area contributed by atoms with Crippen molar-refractivity contribution in [3.63, 3.8) is 0 Å². The molecule has 0 bridgehead atoms. The number of primary amides is 1. The highest BCUT2D eigenvalue weighted by Gasteiger charge is 2.32. The van der Waals surface area contributed by atoms with Crippen LogP contribution in [0.2, 0.25) is 0 Å². The Morgan fingerprint density at radius 3 is 2.41 bits per heavy atom. The molecule has 0 unspecified atom stereocenters. The van der Waals surface area contributed by atoms with E-state index in [4.69, 9.17) is 15.6 Å². The van der Waals surface area contributed by atoms with E-state index in [1.807, 2.05) is 19.1 Å². The fourth-order valence-electron chi connectivity index (χ4n) is 5.30. The fraction of sp³-hybridized carbons (Fsp3) is 0.303. The largest absolute Gasteiger partial charge is 0.496 e. The lowest BCUT2D eigenvalue weighted by Crippen LogP contribution is -2.24. The summed E-state index contributed by atoms with van der Waals surface area (Å²) in [6, 6.07) is 14.4. The lowest BCUT2D eigenvalue weighted by molar-refractivity contribution is -0.137. The molecule has 0 saturated carbocycles. The van der Waals surface area contributed by atoms with Gasteiger partial charge in [-0.15, -0.1) is 0 Å². The van der Waals surface area contributed by atoms with Gasteiger partial charge < -0.3 is 21.1 Å². The van der Waals surface area contributed by atoms with E-state index in [0.29, 0.717) is 30.0 Å². The summed E-state index contributed by atoms with van der Waals surface area (Å²) >= 11 is 0. The summed E-state index contributed by atoms with van der Waals surface area (Å²) in [5.41, 5.74) is 10.8. The van der Waals surface area contributed by atoms with E-state index in [1.54, 1.807) is 16.8 Å². The number of alkyl halides is 3. The molecule has 0 fully saturated rings. The maximum absolute atomic E-state index is 13.2. The third-order valence-corrected chi connectivity index (χ3v) is 7.84. The minimum Gasteiger partial charge on any atom is -0.496 e. The molecule has 0 spiro atoms. The van der Waals surface area contributed by atoms with Crippen LogP contribution in [0.25, 0.3) is 11.3 Å². The molecular formula is C33H34F3N5O3. The number of nitrogens with two attached hydrogens (primary N) is 1. The minimum absolute atomic E-state index is 0.00163. The monoisotopic (exact) mass is 605 g/mol. The molecule has 0 radical (unpaired) electrons. The average Bonchev–Trinajstić information content (AvgIpc) is 3.22. The predicted octanol–water partition coefficient (Wildman–Crippen LogP) is 6.51. The number of aromatic nitrogens is 2. The topological polar surface area (TPSA) is 111 Å². The first-order valence-corrected chi connectivity index (χ1v) is 14.1. The van der Waals surface area contributed by atoms with Gasteiger partial charge in [0, 0.05) is 24.3 Å². The molecule has 0 atom stereocenters. The summed E-state index contributed by atoms with van der Waals surface area (Å²) in [7, 11) is 1.29. The maximum Gasteiger partial charge on any atom is 0.416 e. The van der Waals surface area contributed by atoms with Gasteiger partial charge in [-0.3, -0.25) is 9.59 Å². The fourth-order valence-corrected chi connectivity index (χ4v) is 5.30. The van der Waals surface area contributed by atoms with Crippen LogP contribution in [-0.2, 0) is 31.1 Å². The van der Waals surface area contributed by atoms with Crippen LogP contribution in [0.5, 0.6) is 5.75 Å². The van der Waals surface area contributed by atoms with E-state index < -0.39 is 23.6 Å². The SMILES string of the molecule is COc1ccc(C(F)(F)F)cc1C(=O)NCc1ccc(-c2nn3c(c2C(N)=O)Nc2ccc(C(C)(C)C)cc2CC3)cc1C. The van der Waals surface area contributed by atoms with Gasteiger partial charge in [-0.2, -0.15) is 18.3 Å². The highest BCUT2D eigenvalue weighted by molar-refractivity contribution is 6.04. The molecule has 4 N–H and O–H groups in total. The number of fused-ring (bicyclic) bond motifs is 2. The Hall–Kier alpha value is -4.80. The number of benzene rings is 3. The molecule has 230 valence electrons. The quantitative estimate of drug-likeness (QED) is 0.232. The lowest BCUT2D eigenvalue weighted by atomic mass is 9.85. The normalized spacial score (nSPS) is 12.9. The van der Waals surface area contributed by atoms with Gasteiger partial charge >= 0.3 is 6.18 Å². The molecule has 1 aliphatic rings. The van der Waals surface area contributed by atoms with Crippen molar-refractivity contribution in [1.29, 1.82) is 0 Å². The van der Waals surface area contributed by atoms with Crippen molar-refractivity contribution in [1.82, 2.24) is 15.1 Å². The molecule has 3 aromatic carbocycles. The second-order valence-corrected chi connectivity index (χ2v) is 11.9. The Labute approximate surface area is 253 Å². The van der Waals surface area contributed by atoms with Crippen molar-refractivity contribution in [3.8, 4) is 17.0 Å². The van der Waals surface area contributed by atoms with Crippen molar-refractivity contribution in [2.24, 2.45) is 5.73 Å². The molecule has 0 aliphatic carbocycles. The number of carbonyl (C=O) groups excluding carboxylic acids is 2. The second kappa shape index (κ2) is 11.4. The Morgan fingerprint density at radius 2 is 1.77 bits per heavy atom. The van der Waals surface area contributed by atoms with Crippen molar-refractivity contribution < 1.29 is 27.5 Å². The molecule has 1 aliphatic heterocycles. The Morgan fingerprint density at radius 1 is 1.05 bits per heavy atom. The van der Waals surface area contributed by atoms with Crippen molar-refractivity contribution >= 4 is 23.3 Å². The second-order valence-electron chi connectivity index (χ2n) is 11.9. The van der Waals surface area contributed by atoms with Gasteiger partial charge in [-0.1, -0.05) is 45.0 Å².